The number of aliphatic imine (C=N–C) groups is 1. The molecule has 1 spiro atoms. The maximum absolute atomic E-state index is 12.0. The van der Waals surface area contributed by atoms with Crippen LogP contribution in [0.15, 0.2) is 32.9 Å². The van der Waals surface area contributed by atoms with Crippen LogP contribution in [-0.2, 0) is 14.4 Å². The number of guanidine groups is 1. The van der Waals surface area contributed by atoms with Crippen molar-refractivity contribution in [1.82, 2.24) is 5.32 Å². The van der Waals surface area contributed by atoms with Crippen molar-refractivity contribution in [3.63, 3.8) is 0 Å². The molecule has 0 saturated heterocycles. The molecule has 1 heterocycles. The van der Waals surface area contributed by atoms with Crippen LogP contribution in [0.1, 0.15) is 19.3 Å². The molecule has 0 bridgehead atoms. The maximum Gasteiger partial charge on any atom is 0.269 e. The molecule has 2 rings (SSSR count). The summed E-state index contributed by atoms with van der Waals surface area (Å²) in [6.45, 7) is 1.03. The van der Waals surface area contributed by atoms with Crippen molar-refractivity contribution in [2.75, 3.05) is 13.1 Å². The fraction of sp³-hybridized carbons (Fsp3) is 0.429. The highest BCUT2D eigenvalue weighted by molar-refractivity contribution is 9.12. The van der Waals surface area contributed by atoms with E-state index in [2.05, 4.69) is 31.4 Å². The number of amides is 1. The maximum atomic E-state index is 12.0. The van der Waals surface area contributed by atoms with Crippen molar-refractivity contribution in [3.05, 3.63) is 22.7 Å². The summed E-state index contributed by atoms with van der Waals surface area (Å²) in [6.07, 6.45) is 6.44. The van der Waals surface area contributed by atoms with Gasteiger partial charge in [-0.3, -0.25) is 14.6 Å². The van der Waals surface area contributed by atoms with Gasteiger partial charge in [-0.05, 0) is 47.0 Å². The van der Waals surface area contributed by atoms with E-state index in [-0.39, 0.29) is 24.1 Å². The number of carbonyl (C=O) groups is 2. The van der Waals surface area contributed by atoms with Crippen LogP contribution in [0.25, 0.3) is 0 Å². The molecule has 1 aliphatic carbocycles. The Morgan fingerprint density at radius 2 is 2.26 bits per heavy atom. The van der Waals surface area contributed by atoms with Crippen molar-refractivity contribution < 1.29 is 14.4 Å². The number of hydrogen-bond acceptors (Lipinski definition) is 5. The van der Waals surface area contributed by atoms with Crippen molar-refractivity contribution in [2.24, 2.45) is 21.6 Å². The number of nitrogens with one attached hydrogen (secondary N) is 1. The zero-order chi connectivity index (χ0) is 16.9. The van der Waals surface area contributed by atoms with Crippen molar-refractivity contribution in [1.29, 1.82) is 0 Å². The largest absolute Gasteiger partial charge is 0.380 e. The lowest BCUT2D eigenvalue weighted by atomic mass is 9.92. The first-order valence-electron chi connectivity index (χ1n) is 7.12. The molecule has 0 aromatic heterocycles. The summed E-state index contributed by atoms with van der Waals surface area (Å²) in [4.78, 5) is 32.7. The van der Waals surface area contributed by atoms with Gasteiger partial charge in [-0.15, -0.1) is 0 Å². The SMILES string of the molecule is NC(N)=NCCCCNC(=O)C1=NO[C@@]2(C=CC(=O)C(Br)=C2)C1. The standard InChI is InChI=1S/C14H18BrN5O3/c15-9-7-14(4-3-11(9)21)8-10(20-23-14)12(22)18-5-1-2-6-19-13(16)17/h3-4,7H,1-2,5-6,8H2,(H,18,22)(H4,16,17,19)/t14-/m1/s1. The number of allylic oxidation sites excluding steroid dienone is 2. The first-order valence-corrected chi connectivity index (χ1v) is 7.92. The highest BCUT2D eigenvalue weighted by Crippen LogP contribution is 2.33. The summed E-state index contributed by atoms with van der Waals surface area (Å²) in [7, 11) is 0. The van der Waals surface area contributed by atoms with Crippen LogP contribution < -0.4 is 16.8 Å². The monoisotopic (exact) mass is 383 g/mol. The van der Waals surface area contributed by atoms with Crippen molar-refractivity contribution in [2.45, 2.75) is 24.9 Å². The fourth-order valence-corrected chi connectivity index (χ4v) is 2.65. The third kappa shape index (κ3) is 4.65. The normalized spacial score (nSPS) is 22.4. The molecule has 0 saturated carbocycles. The second kappa shape index (κ2) is 7.40. The van der Waals surface area contributed by atoms with E-state index in [1.54, 1.807) is 12.2 Å². The highest BCUT2D eigenvalue weighted by atomic mass is 79.9. The molecule has 5 N–H and O–H groups in total. The summed E-state index contributed by atoms with van der Waals surface area (Å²) in [5.74, 6) is -0.355. The summed E-state index contributed by atoms with van der Waals surface area (Å²) in [6, 6.07) is 0. The van der Waals surface area contributed by atoms with Gasteiger partial charge in [-0.1, -0.05) is 5.16 Å². The van der Waals surface area contributed by atoms with Gasteiger partial charge in [0.1, 0.15) is 5.71 Å². The fourth-order valence-electron chi connectivity index (χ4n) is 2.13. The van der Waals surface area contributed by atoms with E-state index in [9.17, 15) is 9.59 Å². The van der Waals surface area contributed by atoms with Gasteiger partial charge in [0.05, 0.1) is 4.48 Å². The smallest absolute Gasteiger partial charge is 0.269 e. The number of nitrogens with two attached hydrogens (primary N) is 2. The van der Waals surface area contributed by atoms with E-state index in [0.717, 1.165) is 12.8 Å². The van der Waals surface area contributed by atoms with Crippen molar-refractivity contribution in [3.8, 4) is 0 Å². The van der Waals surface area contributed by atoms with E-state index in [0.29, 0.717) is 23.3 Å². The summed E-state index contributed by atoms with van der Waals surface area (Å²) < 4.78 is 0.400. The van der Waals surface area contributed by atoms with E-state index < -0.39 is 5.60 Å². The number of hydrogen-bond donors (Lipinski definition) is 3. The highest BCUT2D eigenvalue weighted by Gasteiger charge is 2.40. The van der Waals surface area contributed by atoms with Crippen LogP contribution in [-0.4, -0.2) is 42.1 Å². The molecular weight excluding hydrogens is 366 g/mol. The molecule has 0 aromatic rings. The Bertz CT molecular complexity index is 622. The lowest BCUT2D eigenvalue weighted by molar-refractivity contribution is -0.115. The summed E-state index contributed by atoms with van der Waals surface area (Å²) in [5.41, 5.74) is 9.88. The minimum Gasteiger partial charge on any atom is -0.380 e. The van der Waals surface area contributed by atoms with Gasteiger partial charge >= 0.3 is 0 Å². The summed E-state index contributed by atoms with van der Waals surface area (Å²) in [5, 5.41) is 6.60. The topological polar surface area (TPSA) is 132 Å². The Morgan fingerprint density at radius 1 is 1.48 bits per heavy atom. The zero-order valence-corrected chi connectivity index (χ0v) is 14.0. The lowest BCUT2D eigenvalue weighted by Crippen LogP contribution is -2.34. The second-order valence-electron chi connectivity index (χ2n) is 5.22. The number of oxime groups is 1. The molecule has 1 amide bonds. The van der Waals surface area contributed by atoms with E-state index >= 15 is 0 Å². The molecule has 2 aliphatic rings. The van der Waals surface area contributed by atoms with Gasteiger partial charge in [0.25, 0.3) is 5.91 Å². The number of ketones is 1. The molecule has 1 aliphatic heterocycles. The predicted octanol–water partition coefficient (Wildman–Crippen LogP) is 0.0890. The third-order valence-corrected chi connectivity index (χ3v) is 3.94. The van der Waals surface area contributed by atoms with Gasteiger partial charge < -0.3 is 21.6 Å². The molecule has 0 radical (unpaired) electrons. The van der Waals surface area contributed by atoms with Crippen LogP contribution in [0.5, 0.6) is 0 Å². The molecular formula is C14H18BrN5O3. The molecule has 0 fully saturated rings. The molecule has 124 valence electrons. The minimum atomic E-state index is -0.854. The first-order chi connectivity index (χ1) is 10.9. The van der Waals surface area contributed by atoms with Gasteiger partial charge in [-0.25, -0.2) is 0 Å². The number of rotatable bonds is 6. The van der Waals surface area contributed by atoms with Crippen LogP contribution in [0, 0.1) is 0 Å². The van der Waals surface area contributed by atoms with Crippen LogP contribution in [0.4, 0.5) is 0 Å². The Kier molecular flexibility index (Phi) is 5.54. The Balaban J connectivity index is 1.76. The molecule has 0 unspecified atom stereocenters. The molecule has 9 heteroatoms. The molecule has 1 atom stereocenters. The van der Waals surface area contributed by atoms with Crippen molar-refractivity contribution >= 4 is 39.3 Å². The van der Waals surface area contributed by atoms with Gasteiger partial charge in [0, 0.05) is 19.5 Å². The Morgan fingerprint density at radius 3 is 2.96 bits per heavy atom. The number of unbranched alkanes of at least 4 members (excludes halogenated alkanes) is 1. The van der Waals surface area contributed by atoms with E-state index in [1.165, 1.54) is 6.08 Å². The summed E-state index contributed by atoms with van der Waals surface area (Å²) >= 11 is 3.17. The number of carbonyl (C=O) groups excluding carboxylic acids is 2. The van der Waals surface area contributed by atoms with Crippen LogP contribution in [0.3, 0.4) is 0 Å². The van der Waals surface area contributed by atoms with Gasteiger partial charge in [0.15, 0.2) is 17.3 Å². The lowest BCUT2D eigenvalue weighted by Gasteiger charge is -2.21. The average molecular weight is 384 g/mol. The predicted molar refractivity (Wildman–Crippen MR) is 89.9 cm³/mol. The first kappa shape index (κ1) is 17.2. The Labute approximate surface area is 141 Å². The van der Waals surface area contributed by atoms with Crippen LogP contribution in [0.2, 0.25) is 0 Å². The van der Waals surface area contributed by atoms with E-state index in [4.69, 9.17) is 16.3 Å². The molecule has 23 heavy (non-hydrogen) atoms. The molecule has 8 nitrogen and oxygen atoms in total. The number of nitrogens with zero attached hydrogens (tertiary/aromatic N) is 2. The number of halogens is 1. The van der Waals surface area contributed by atoms with Crippen LogP contribution >= 0.6 is 15.9 Å². The van der Waals surface area contributed by atoms with Gasteiger partial charge in [0.2, 0.25) is 0 Å². The minimum absolute atomic E-state index is 0.0648. The van der Waals surface area contributed by atoms with E-state index in [1.807, 2.05) is 0 Å². The Hall–Kier alpha value is -2.16. The quantitative estimate of drug-likeness (QED) is 0.339. The molecule has 0 aromatic carbocycles. The van der Waals surface area contributed by atoms with Gasteiger partial charge in [-0.2, -0.15) is 0 Å². The zero-order valence-electron chi connectivity index (χ0n) is 12.4. The third-order valence-electron chi connectivity index (χ3n) is 3.32. The average Bonchev–Trinajstić information content (AvgIpc) is 2.90. The second-order valence-corrected chi connectivity index (χ2v) is 6.07.